The van der Waals surface area contributed by atoms with Crippen LogP contribution in [0.3, 0.4) is 0 Å². The van der Waals surface area contributed by atoms with Crippen molar-refractivity contribution < 1.29 is 14.6 Å². The van der Waals surface area contributed by atoms with E-state index in [1.165, 1.54) is 0 Å². The summed E-state index contributed by atoms with van der Waals surface area (Å²) in [4.78, 5) is 14.2. The minimum absolute atomic E-state index is 0.129. The lowest BCUT2D eigenvalue weighted by Crippen LogP contribution is -2.47. The summed E-state index contributed by atoms with van der Waals surface area (Å²) in [5, 5.41) is 11.1. The number of amides is 1. The SMILES string of the molecule is CC(C)n1cc(Cl)cc1C(=O)N(C)CC1(O)CCOCC1. The summed E-state index contributed by atoms with van der Waals surface area (Å²) in [6, 6.07) is 1.82. The zero-order valence-electron chi connectivity index (χ0n) is 12.8. The van der Waals surface area contributed by atoms with Crippen molar-refractivity contribution >= 4 is 17.5 Å². The molecule has 1 aromatic rings. The second kappa shape index (κ2) is 6.38. The fourth-order valence-corrected chi connectivity index (χ4v) is 2.87. The largest absolute Gasteiger partial charge is 0.388 e. The van der Waals surface area contributed by atoms with E-state index >= 15 is 0 Å². The number of halogens is 1. The van der Waals surface area contributed by atoms with E-state index in [0.717, 1.165) is 0 Å². The molecule has 0 atom stereocenters. The predicted molar refractivity (Wildman–Crippen MR) is 81.8 cm³/mol. The molecule has 21 heavy (non-hydrogen) atoms. The van der Waals surface area contributed by atoms with Crippen LogP contribution in [0.25, 0.3) is 0 Å². The molecule has 1 amide bonds. The number of ether oxygens (including phenoxy) is 1. The first kappa shape index (κ1) is 16.3. The predicted octanol–water partition coefficient (Wildman–Crippen LogP) is 2.34. The summed E-state index contributed by atoms with van der Waals surface area (Å²) in [6.07, 6.45) is 2.86. The zero-order valence-corrected chi connectivity index (χ0v) is 13.6. The monoisotopic (exact) mass is 314 g/mol. The van der Waals surface area contributed by atoms with E-state index in [-0.39, 0.29) is 11.9 Å². The molecule has 1 aliphatic heterocycles. The Morgan fingerprint density at radius 3 is 2.71 bits per heavy atom. The van der Waals surface area contributed by atoms with Crippen molar-refractivity contribution in [2.75, 3.05) is 26.8 Å². The Morgan fingerprint density at radius 1 is 1.52 bits per heavy atom. The number of rotatable bonds is 4. The molecule has 118 valence electrons. The molecule has 1 fully saturated rings. The lowest BCUT2D eigenvalue weighted by Gasteiger charge is -2.35. The Morgan fingerprint density at radius 2 is 2.14 bits per heavy atom. The van der Waals surface area contributed by atoms with Crippen molar-refractivity contribution in [1.82, 2.24) is 9.47 Å². The molecule has 2 heterocycles. The van der Waals surface area contributed by atoms with Crippen molar-refractivity contribution in [2.45, 2.75) is 38.3 Å². The lowest BCUT2D eigenvalue weighted by molar-refractivity contribution is -0.0735. The van der Waals surface area contributed by atoms with Gasteiger partial charge in [0.1, 0.15) is 5.69 Å². The molecule has 1 aromatic heterocycles. The highest BCUT2D eigenvalue weighted by atomic mass is 35.5. The van der Waals surface area contributed by atoms with E-state index < -0.39 is 5.60 Å². The number of carbonyl (C=O) groups excluding carboxylic acids is 1. The molecule has 0 aliphatic carbocycles. The average molecular weight is 315 g/mol. The maximum absolute atomic E-state index is 12.6. The molecule has 0 aromatic carbocycles. The van der Waals surface area contributed by atoms with Gasteiger partial charge in [-0.05, 0) is 19.9 Å². The third-order valence-electron chi connectivity index (χ3n) is 3.89. The van der Waals surface area contributed by atoms with Crippen molar-refractivity contribution in [1.29, 1.82) is 0 Å². The first-order valence-electron chi connectivity index (χ1n) is 7.25. The van der Waals surface area contributed by atoms with Gasteiger partial charge in [-0.2, -0.15) is 0 Å². The van der Waals surface area contributed by atoms with Crippen LogP contribution in [0.15, 0.2) is 12.3 Å². The number of nitrogens with zero attached hydrogens (tertiary/aromatic N) is 2. The Labute approximate surface area is 130 Å². The Hall–Kier alpha value is -1.04. The number of aliphatic hydroxyl groups is 1. The van der Waals surface area contributed by atoms with Crippen molar-refractivity contribution in [3.8, 4) is 0 Å². The normalized spacial score (nSPS) is 18.0. The van der Waals surface area contributed by atoms with Gasteiger partial charge in [-0.3, -0.25) is 4.79 Å². The second-order valence-electron chi connectivity index (χ2n) is 6.04. The summed E-state index contributed by atoms with van der Waals surface area (Å²) < 4.78 is 7.12. The third kappa shape index (κ3) is 3.78. The van der Waals surface area contributed by atoms with E-state index in [0.29, 0.717) is 43.3 Å². The smallest absolute Gasteiger partial charge is 0.270 e. The van der Waals surface area contributed by atoms with Crippen molar-refractivity contribution in [3.63, 3.8) is 0 Å². The number of hydrogen-bond acceptors (Lipinski definition) is 3. The standard InChI is InChI=1S/C15H23ClN2O3/c1-11(2)18-9-12(16)8-13(18)14(19)17(3)10-15(20)4-6-21-7-5-15/h8-9,11,20H,4-7,10H2,1-3H3. The first-order chi connectivity index (χ1) is 9.82. The van der Waals surface area contributed by atoms with Gasteiger partial charge in [-0.15, -0.1) is 0 Å². The van der Waals surface area contributed by atoms with Crippen LogP contribution in [0.5, 0.6) is 0 Å². The molecular weight excluding hydrogens is 292 g/mol. The van der Waals surface area contributed by atoms with Gasteiger partial charge in [-0.1, -0.05) is 11.6 Å². The Kier molecular flexibility index (Phi) is 4.96. The van der Waals surface area contributed by atoms with E-state index in [1.54, 1.807) is 24.2 Å². The van der Waals surface area contributed by atoms with E-state index in [4.69, 9.17) is 16.3 Å². The van der Waals surface area contributed by atoms with Crippen LogP contribution in [0.2, 0.25) is 5.02 Å². The zero-order chi connectivity index (χ0) is 15.6. The number of aromatic nitrogens is 1. The molecule has 0 spiro atoms. The molecule has 1 saturated heterocycles. The van der Waals surface area contributed by atoms with Crippen LogP contribution in [-0.2, 0) is 4.74 Å². The summed E-state index contributed by atoms with van der Waals surface area (Å²) in [6.45, 7) is 5.37. The average Bonchev–Trinajstić information content (AvgIpc) is 2.80. The van der Waals surface area contributed by atoms with Crippen LogP contribution in [0, 0.1) is 0 Å². The summed E-state index contributed by atoms with van der Waals surface area (Å²) in [5.41, 5.74) is -0.310. The van der Waals surface area contributed by atoms with Gasteiger partial charge in [-0.25, -0.2) is 0 Å². The molecule has 1 aliphatic rings. The molecule has 0 radical (unpaired) electrons. The lowest BCUT2D eigenvalue weighted by atomic mass is 9.94. The van der Waals surface area contributed by atoms with Crippen LogP contribution in [-0.4, -0.2) is 52.9 Å². The molecule has 0 bridgehead atoms. The van der Waals surface area contributed by atoms with Crippen LogP contribution < -0.4 is 0 Å². The van der Waals surface area contributed by atoms with Gasteiger partial charge in [0.05, 0.1) is 10.6 Å². The maximum Gasteiger partial charge on any atom is 0.270 e. The molecule has 5 nitrogen and oxygen atoms in total. The topological polar surface area (TPSA) is 54.7 Å². The first-order valence-corrected chi connectivity index (χ1v) is 7.63. The highest BCUT2D eigenvalue weighted by molar-refractivity contribution is 6.31. The Bertz CT molecular complexity index is 507. The Balaban J connectivity index is 2.12. The van der Waals surface area contributed by atoms with Gasteiger partial charge in [0, 0.05) is 51.9 Å². The quantitative estimate of drug-likeness (QED) is 0.928. The minimum atomic E-state index is -0.859. The van der Waals surface area contributed by atoms with Crippen molar-refractivity contribution in [2.24, 2.45) is 0 Å². The molecule has 0 unspecified atom stereocenters. The van der Waals surface area contributed by atoms with E-state index in [1.807, 2.05) is 18.4 Å². The summed E-state index contributed by atoms with van der Waals surface area (Å²) in [5.74, 6) is -0.129. The molecular formula is C15H23ClN2O3. The van der Waals surface area contributed by atoms with Crippen LogP contribution >= 0.6 is 11.6 Å². The van der Waals surface area contributed by atoms with E-state index in [2.05, 4.69) is 0 Å². The van der Waals surface area contributed by atoms with Gasteiger partial charge in [0.2, 0.25) is 0 Å². The van der Waals surface area contributed by atoms with Gasteiger partial charge < -0.3 is 19.3 Å². The molecule has 1 N–H and O–H groups in total. The highest BCUT2D eigenvalue weighted by Gasteiger charge is 2.33. The van der Waals surface area contributed by atoms with Crippen LogP contribution in [0.4, 0.5) is 0 Å². The van der Waals surface area contributed by atoms with Gasteiger partial charge >= 0.3 is 0 Å². The number of likely N-dealkylation sites (N-methyl/N-ethyl adjacent to an activating group) is 1. The molecule has 0 saturated carbocycles. The maximum atomic E-state index is 12.6. The summed E-state index contributed by atoms with van der Waals surface area (Å²) >= 11 is 6.02. The molecule has 2 rings (SSSR count). The van der Waals surface area contributed by atoms with E-state index in [9.17, 15) is 9.90 Å². The summed E-state index contributed by atoms with van der Waals surface area (Å²) in [7, 11) is 1.71. The van der Waals surface area contributed by atoms with Crippen LogP contribution in [0.1, 0.15) is 43.2 Å². The number of carbonyl (C=O) groups is 1. The second-order valence-corrected chi connectivity index (χ2v) is 6.48. The minimum Gasteiger partial charge on any atom is -0.388 e. The fraction of sp³-hybridized carbons (Fsp3) is 0.667. The van der Waals surface area contributed by atoms with Gasteiger partial charge in [0.25, 0.3) is 5.91 Å². The fourth-order valence-electron chi connectivity index (χ4n) is 2.66. The third-order valence-corrected chi connectivity index (χ3v) is 4.10. The van der Waals surface area contributed by atoms with Crippen molar-refractivity contribution in [3.05, 3.63) is 23.0 Å². The highest BCUT2D eigenvalue weighted by Crippen LogP contribution is 2.24. The number of hydrogen-bond donors (Lipinski definition) is 1. The van der Waals surface area contributed by atoms with Gasteiger partial charge in [0.15, 0.2) is 0 Å². The molecule has 6 heteroatoms.